The molecule has 0 N–H and O–H groups in total. The molecule has 7 heteroatoms. The summed E-state index contributed by atoms with van der Waals surface area (Å²) in [6, 6.07) is 19.1. The summed E-state index contributed by atoms with van der Waals surface area (Å²) in [5, 5.41) is 1.31. The zero-order chi connectivity index (χ0) is 19.6. The summed E-state index contributed by atoms with van der Waals surface area (Å²) in [4.78, 5) is 4.43. The summed E-state index contributed by atoms with van der Waals surface area (Å²) in [5.74, 6) is 1.45. The number of ether oxygens (including phenoxy) is 1. The number of hydrogen-bond donors (Lipinski definition) is 0. The van der Waals surface area contributed by atoms with Gasteiger partial charge in [0, 0.05) is 17.0 Å². The van der Waals surface area contributed by atoms with Crippen LogP contribution >= 0.6 is 0 Å². The first-order valence-corrected chi connectivity index (χ1v) is 10.1. The molecule has 0 aliphatic rings. The maximum absolute atomic E-state index is 13.7. The van der Waals surface area contributed by atoms with E-state index in [2.05, 4.69) is 4.98 Å². The molecule has 0 aliphatic carbocycles. The molecule has 2 aromatic carbocycles. The van der Waals surface area contributed by atoms with Crippen LogP contribution in [0.15, 0.2) is 88.5 Å². The van der Waals surface area contributed by atoms with Crippen molar-refractivity contribution < 1.29 is 17.6 Å². The molecule has 0 fully saturated rings. The smallest absolute Gasteiger partial charge is 0.266 e. The minimum atomic E-state index is -3.93. The molecule has 0 aliphatic heterocycles. The maximum Gasteiger partial charge on any atom is 0.266 e. The summed E-state index contributed by atoms with van der Waals surface area (Å²) in [6.45, 7) is 0.0344. The summed E-state index contributed by atoms with van der Waals surface area (Å²) in [5.41, 5.74) is 0. The Balaban J connectivity index is 1.90. The van der Waals surface area contributed by atoms with E-state index in [-0.39, 0.29) is 11.4 Å². The van der Waals surface area contributed by atoms with Crippen molar-refractivity contribution in [1.29, 1.82) is 0 Å². The normalized spacial score (nSPS) is 11.5. The highest BCUT2D eigenvalue weighted by Crippen LogP contribution is 2.34. The monoisotopic (exact) mass is 394 g/mol. The standard InChI is InChI=1S/C21H18N2O4S/c1-26-19-11-12-20(18-9-3-2-8-17(18)19)28(24,25)23(15-16-7-6-14-27-16)21-10-4-5-13-22-21/h2-14H,15H2,1H3. The van der Waals surface area contributed by atoms with Gasteiger partial charge < -0.3 is 9.15 Å². The topological polar surface area (TPSA) is 72.6 Å². The first kappa shape index (κ1) is 18.1. The molecule has 0 bridgehead atoms. The Morgan fingerprint density at radius 3 is 2.43 bits per heavy atom. The number of hydrogen-bond acceptors (Lipinski definition) is 5. The second-order valence-corrected chi connectivity index (χ2v) is 7.92. The Bertz CT molecular complexity index is 1190. The van der Waals surface area contributed by atoms with Crippen LogP contribution in [0.2, 0.25) is 0 Å². The van der Waals surface area contributed by atoms with Crippen LogP contribution in [0.3, 0.4) is 0 Å². The number of benzene rings is 2. The van der Waals surface area contributed by atoms with Gasteiger partial charge in [-0.2, -0.15) is 0 Å². The van der Waals surface area contributed by atoms with E-state index in [1.54, 1.807) is 67.9 Å². The van der Waals surface area contributed by atoms with Gasteiger partial charge in [0.1, 0.15) is 17.3 Å². The molecule has 28 heavy (non-hydrogen) atoms. The largest absolute Gasteiger partial charge is 0.496 e. The van der Waals surface area contributed by atoms with E-state index in [1.165, 1.54) is 10.6 Å². The lowest BCUT2D eigenvalue weighted by Crippen LogP contribution is -2.31. The van der Waals surface area contributed by atoms with Crippen molar-refractivity contribution in [3.05, 3.63) is 85.0 Å². The van der Waals surface area contributed by atoms with Gasteiger partial charge in [0.2, 0.25) is 0 Å². The molecular formula is C21H18N2O4S. The van der Waals surface area contributed by atoms with Crippen molar-refractivity contribution in [3.63, 3.8) is 0 Å². The SMILES string of the molecule is COc1ccc(S(=O)(=O)N(Cc2ccco2)c2ccccn2)c2ccccc12. The molecule has 0 spiro atoms. The third-order valence-electron chi connectivity index (χ3n) is 4.42. The van der Waals surface area contributed by atoms with E-state index in [0.717, 1.165) is 5.39 Å². The van der Waals surface area contributed by atoms with Gasteiger partial charge in [0.05, 0.1) is 24.8 Å². The van der Waals surface area contributed by atoms with Gasteiger partial charge in [-0.3, -0.25) is 0 Å². The van der Waals surface area contributed by atoms with Gasteiger partial charge in [0.15, 0.2) is 0 Å². The minimum absolute atomic E-state index is 0.0344. The van der Waals surface area contributed by atoms with E-state index >= 15 is 0 Å². The molecule has 142 valence electrons. The first-order chi connectivity index (χ1) is 13.6. The molecule has 6 nitrogen and oxygen atoms in total. The van der Waals surface area contributed by atoms with Crippen LogP contribution in [0.1, 0.15) is 5.76 Å². The van der Waals surface area contributed by atoms with E-state index in [1.807, 2.05) is 12.1 Å². The van der Waals surface area contributed by atoms with Crippen molar-refractivity contribution >= 4 is 26.6 Å². The number of methoxy groups -OCH3 is 1. The fraction of sp³-hybridized carbons (Fsp3) is 0.0952. The lowest BCUT2D eigenvalue weighted by atomic mass is 10.1. The second-order valence-electron chi connectivity index (χ2n) is 6.09. The fourth-order valence-electron chi connectivity index (χ4n) is 3.10. The number of fused-ring (bicyclic) bond motifs is 1. The number of pyridine rings is 1. The van der Waals surface area contributed by atoms with Gasteiger partial charge in [0.25, 0.3) is 10.0 Å². The molecule has 0 radical (unpaired) electrons. The molecule has 0 unspecified atom stereocenters. The van der Waals surface area contributed by atoms with Crippen molar-refractivity contribution in [2.75, 3.05) is 11.4 Å². The highest BCUT2D eigenvalue weighted by molar-refractivity contribution is 7.93. The van der Waals surface area contributed by atoms with Crippen molar-refractivity contribution in [2.45, 2.75) is 11.4 Å². The van der Waals surface area contributed by atoms with Crippen LogP contribution in [0.4, 0.5) is 5.82 Å². The lowest BCUT2D eigenvalue weighted by molar-refractivity contribution is 0.419. The Morgan fingerprint density at radius 1 is 0.964 bits per heavy atom. The van der Waals surface area contributed by atoms with Crippen molar-refractivity contribution in [3.8, 4) is 5.75 Å². The van der Waals surface area contributed by atoms with Crippen LogP contribution in [0, 0.1) is 0 Å². The number of rotatable bonds is 6. The van der Waals surface area contributed by atoms with Crippen LogP contribution in [0.25, 0.3) is 10.8 Å². The van der Waals surface area contributed by atoms with Crippen LogP contribution in [-0.4, -0.2) is 20.5 Å². The van der Waals surface area contributed by atoms with Crippen molar-refractivity contribution in [1.82, 2.24) is 4.98 Å². The molecule has 2 aromatic heterocycles. The van der Waals surface area contributed by atoms with E-state index in [4.69, 9.17) is 9.15 Å². The van der Waals surface area contributed by atoms with E-state index < -0.39 is 10.0 Å². The number of sulfonamides is 1. The zero-order valence-corrected chi connectivity index (χ0v) is 16.0. The molecule has 0 amide bonds. The summed E-state index contributed by atoms with van der Waals surface area (Å²) in [7, 11) is -2.36. The third-order valence-corrected chi connectivity index (χ3v) is 6.22. The van der Waals surface area contributed by atoms with E-state index in [0.29, 0.717) is 22.7 Å². The predicted octanol–water partition coefficient (Wildman–Crippen LogP) is 4.23. The number of furan rings is 1. The average molecular weight is 394 g/mol. The molecule has 2 heterocycles. The number of nitrogens with zero attached hydrogens (tertiary/aromatic N) is 2. The number of aromatic nitrogens is 1. The number of anilines is 1. The molecule has 0 saturated heterocycles. The van der Waals surface area contributed by atoms with Gasteiger partial charge >= 0.3 is 0 Å². The minimum Gasteiger partial charge on any atom is -0.496 e. The maximum atomic E-state index is 13.7. The highest BCUT2D eigenvalue weighted by Gasteiger charge is 2.29. The van der Waals surface area contributed by atoms with Gasteiger partial charge in [-0.25, -0.2) is 17.7 Å². The van der Waals surface area contributed by atoms with Gasteiger partial charge in [-0.15, -0.1) is 0 Å². The summed E-state index contributed by atoms with van der Waals surface area (Å²) in [6.07, 6.45) is 3.08. The Hall–Kier alpha value is -3.32. The van der Waals surface area contributed by atoms with Crippen molar-refractivity contribution in [2.24, 2.45) is 0 Å². The first-order valence-electron chi connectivity index (χ1n) is 8.63. The summed E-state index contributed by atoms with van der Waals surface area (Å²) >= 11 is 0. The third kappa shape index (κ3) is 3.20. The Morgan fingerprint density at radius 2 is 1.75 bits per heavy atom. The van der Waals surface area contributed by atoms with Gasteiger partial charge in [-0.05, 0) is 36.4 Å². The quantitative estimate of drug-likeness (QED) is 0.489. The Kier molecular flexibility index (Phi) is 4.75. The molecule has 0 saturated carbocycles. The highest BCUT2D eigenvalue weighted by atomic mass is 32.2. The van der Waals surface area contributed by atoms with Crippen LogP contribution in [-0.2, 0) is 16.6 Å². The molecule has 0 atom stereocenters. The molecular weight excluding hydrogens is 376 g/mol. The van der Waals surface area contributed by atoms with E-state index in [9.17, 15) is 8.42 Å². The van der Waals surface area contributed by atoms with Crippen LogP contribution < -0.4 is 9.04 Å². The van der Waals surface area contributed by atoms with Gasteiger partial charge in [-0.1, -0.05) is 30.3 Å². The predicted molar refractivity (Wildman–Crippen MR) is 107 cm³/mol. The second kappa shape index (κ2) is 7.36. The molecule has 4 aromatic rings. The molecule has 4 rings (SSSR count). The summed E-state index contributed by atoms with van der Waals surface area (Å²) < 4.78 is 39.4. The zero-order valence-electron chi connectivity index (χ0n) is 15.1. The van der Waals surface area contributed by atoms with Crippen LogP contribution in [0.5, 0.6) is 5.75 Å². The lowest BCUT2D eigenvalue weighted by Gasteiger charge is -2.23. The Labute approximate surface area is 163 Å². The fourth-order valence-corrected chi connectivity index (χ4v) is 4.68. The average Bonchev–Trinajstić information content (AvgIpc) is 3.25.